The van der Waals surface area contributed by atoms with Gasteiger partial charge in [0, 0.05) is 17.6 Å². The predicted octanol–water partition coefficient (Wildman–Crippen LogP) is 3.30. The topological polar surface area (TPSA) is 20.3 Å². The SMILES string of the molecule is O=C(CCl)N1CC=C(c2ccc(Br)cc2)CC1. The molecule has 0 N–H and O–H groups in total. The van der Waals surface area contributed by atoms with Gasteiger partial charge < -0.3 is 4.90 Å². The molecule has 0 fully saturated rings. The lowest BCUT2D eigenvalue weighted by Gasteiger charge is -2.26. The highest BCUT2D eigenvalue weighted by Gasteiger charge is 2.16. The summed E-state index contributed by atoms with van der Waals surface area (Å²) >= 11 is 8.96. The summed E-state index contributed by atoms with van der Waals surface area (Å²) in [4.78, 5) is 13.2. The van der Waals surface area contributed by atoms with E-state index in [1.807, 2.05) is 12.1 Å². The van der Waals surface area contributed by atoms with Gasteiger partial charge in [-0.25, -0.2) is 0 Å². The van der Waals surface area contributed by atoms with Gasteiger partial charge in [0.1, 0.15) is 5.88 Å². The van der Waals surface area contributed by atoms with E-state index in [1.165, 1.54) is 11.1 Å². The van der Waals surface area contributed by atoms with E-state index >= 15 is 0 Å². The Morgan fingerprint density at radius 1 is 1.35 bits per heavy atom. The number of carbonyl (C=O) groups excluding carboxylic acids is 1. The quantitative estimate of drug-likeness (QED) is 0.767. The lowest BCUT2D eigenvalue weighted by molar-refractivity contribution is -0.128. The van der Waals surface area contributed by atoms with E-state index in [0.29, 0.717) is 6.54 Å². The second-order valence-electron chi connectivity index (χ2n) is 3.96. The minimum Gasteiger partial charge on any atom is -0.338 e. The molecule has 0 atom stereocenters. The summed E-state index contributed by atoms with van der Waals surface area (Å²) in [5.74, 6) is 0.0827. The highest BCUT2D eigenvalue weighted by molar-refractivity contribution is 9.10. The van der Waals surface area contributed by atoms with Gasteiger partial charge in [0.15, 0.2) is 0 Å². The first kappa shape index (κ1) is 12.7. The van der Waals surface area contributed by atoms with Crippen molar-refractivity contribution >= 4 is 39.0 Å². The smallest absolute Gasteiger partial charge is 0.237 e. The number of benzene rings is 1. The van der Waals surface area contributed by atoms with Crippen LogP contribution in [0.2, 0.25) is 0 Å². The number of hydrogen-bond acceptors (Lipinski definition) is 1. The molecule has 17 heavy (non-hydrogen) atoms. The molecule has 1 aliphatic rings. The Bertz CT molecular complexity index is 441. The molecule has 0 aliphatic carbocycles. The van der Waals surface area contributed by atoms with Crippen LogP contribution in [-0.2, 0) is 4.79 Å². The van der Waals surface area contributed by atoms with E-state index in [9.17, 15) is 4.79 Å². The minimum atomic E-state index is 0.0118. The van der Waals surface area contributed by atoms with Crippen molar-refractivity contribution in [1.29, 1.82) is 0 Å². The monoisotopic (exact) mass is 313 g/mol. The second-order valence-corrected chi connectivity index (χ2v) is 5.14. The molecular weight excluding hydrogens is 302 g/mol. The van der Waals surface area contributed by atoms with Crippen LogP contribution in [0, 0.1) is 0 Å². The van der Waals surface area contributed by atoms with Crippen LogP contribution in [0.3, 0.4) is 0 Å². The Hall–Kier alpha value is -0.800. The molecule has 1 aromatic carbocycles. The molecule has 0 spiro atoms. The molecule has 1 heterocycles. The van der Waals surface area contributed by atoms with Gasteiger partial charge in [0.25, 0.3) is 0 Å². The van der Waals surface area contributed by atoms with Crippen LogP contribution in [0.25, 0.3) is 5.57 Å². The number of nitrogens with zero attached hydrogens (tertiary/aromatic N) is 1. The first-order chi connectivity index (χ1) is 8.20. The molecule has 0 radical (unpaired) electrons. The minimum absolute atomic E-state index is 0.0118. The summed E-state index contributed by atoms with van der Waals surface area (Å²) in [6.07, 6.45) is 3.00. The van der Waals surface area contributed by atoms with Crippen LogP contribution in [0.15, 0.2) is 34.8 Å². The van der Waals surface area contributed by atoms with Crippen LogP contribution in [-0.4, -0.2) is 29.8 Å². The maximum absolute atomic E-state index is 11.4. The lowest BCUT2D eigenvalue weighted by atomic mass is 10.00. The number of amides is 1. The third kappa shape index (κ3) is 3.11. The first-order valence-electron chi connectivity index (χ1n) is 5.49. The van der Waals surface area contributed by atoms with E-state index in [0.717, 1.165) is 17.4 Å². The fourth-order valence-corrected chi connectivity index (χ4v) is 2.34. The van der Waals surface area contributed by atoms with E-state index in [1.54, 1.807) is 4.90 Å². The average Bonchev–Trinajstić information content (AvgIpc) is 2.39. The number of carbonyl (C=O) groups is 1. The van der Waals surface area contributed by atoms with E-state index < -0.39 is 0 Å². The summed E-state index contributed by atoms with van der Waals surface area (Å²) in [7, 11) is 0. The van der Waals surface area contributed by atoms with Gasteiger partial charge in [0.05, 0.1) is 0 Å². The van der Waals surface area contributed by atoms with Crippen LogP contribution in [0.5, 0.6) is 0 Å². The number of alkyl halides is 1. The van der Waals surface area contributed by atoms with Crippen molar-refractivity contribution in [3.8, 4) is 0 Å². The largest absolute Gasteiger partial charge is 0.338 e. The lowest BCUT2D eigenvalue weighted by Crippen LogP contribution is -2.35. The molecule has 1 aromatic rings. The standard InChI is InChI=1S/C13H13BrClNO/c14-12-3-1-10(2-4-12)11-5-7-16(8-6-11)13(17)9-15/h1-5H,6-9H2. The maximum Gasteiger partial charge on any atom is 0.237 e. The molecule has 1 aliphatic heterocycles. The molecule has 90 valence electrons. The Morgan fingerprint density at radius 3 is 2.59 bits per heavy atom. The molecule has 0 saturated heterocycles. The highest BCUT2D eigenvalue weighted by atomic mass is 79.9. The molecule has 2 nitrogen and oxygen atoms in total. The van der Waals surface area contributed by atoms with Crippen molar-refractivity contribution < 1.29 is 4.79 Å². The van der Waals surface area contributed by atoms with Crippen LogP contribution < -0.4 is 0 Å². The first-order valence-corrected chi connectivity index (χ1v) is 6.82. The van der Waals surface area contributed by atoms with Crippen LogP contribution in [0.1, 0.15) is 12.0 Å². The van der Waals surface area contributed by atoms with Gasteiger partial charge in [-0.1, -0.05) is 34.1 Å². The van der Waals surface area contributed by atoms with Crippen molar-refractivity contribution in [3.63, 3.8) is 0 Å². The van der Waals surface area contributed by atoms with Crippen LogP contribution >= 0.6 is 27.5 Å². The van der Waals surface area contributed by atoms with Crippen molar-refractivity contribution in [2.24, 2.45) is 0 Å². The average molecular weight is 315 g/mol. The summed E-state index contributed by atoms with van der Waals surface area (Å²) in [5.41, 5.74) is 2.53. The van der Waals surface area contributed by atoms with Gasteiger partial charge in [-0.2, -0.15) is 0 Å². The Morgan fingerprint density at radius 2 is 2.06 bits per heavy atom. The number of halogens is 2. The molecule has 0 bridgehead atoms. The molecule has 0 unspecified atom stereocenters. The van der Waals surface area contributed by atoms with E-state index in [4.69, 9.17) is 11.6 Å². The molecule has 4 heteroatoms. The Balaban J connectivity index is 2.08. The molecular formula is C13H13BrClNO. The second kappa shape index (κ2) is 5.69. The number of hydrogen-bond donors (Lipinski definition) is 0. The van der Waals surface area contributed by atoms with Crippen molar-refractivity contribution in [2.75, 3.05) is 19.0 Å². The number of rotatable bonds is 2. The van der Waals surface area contributed by atoms with Gasteiger partial charge in [0.2, 0.25) is 5.91 Å². The van der Waals surface area contributed by atoms with Crippen molar-refractivity contribution in [1.82, 2.24) is 4.90 Å². The molecule has 1 amide bonds. The zero-order valence-electron chi connectivity index (χ0n) is 9.33. The zero-order valence-corrected chi connectivity index (χ0v) is 11.7. The Kier molecular flexibility index (Phi) is 4.24. The normalized spacial score (nSPS) is 15.6. The van der Waals surface area contributed by atoms with E-state index in [-0.39, 0.29) is 11.8 Å². The molecule has 0 saturated carbocycles. The predicted molar refractivity (Wildman–Crippen MR) is 74.0 cm³/mol. The van der Waals surface area contributed by atoms with Gasteiger partial charge >= 0.3 is 0 Å². The van der Waals surface area contributed by atoms with Gasteiger partial charge in [-0.15, -0.1) is 11.6 Å². The summed E-state index contributed by atoms with van der Waals surface area (Å²) in [5, 5.41) is 0. The molecule has 2 rings (SSSR count). The third-order valence-corrected chi connectivity index (χ3v) is 3.65. The summed E-state index contributed by atoms with van der Waals surface area (Å²) in [6, 6.07) is 8.25. The van der Waals surface area contributed by atoms with Crippen molar-refractivity contribution in [2.45, 2.75) is 6.42 Å². The van der Waals surface area contributed by atoms with E-state index in [2.05, 4.69) is 34.1 Å². The summed E-state index contributed by atoms with van der Waals surface area (Å²) in [6.45, 7) is 1.42. The third-order valence-electron chi connectivity index (χ3n) is 2.89. The Labute approximate surface area is 114 Å². The summed E-state index contributed by atoms with van der Waals surface area (Å²) < 4.78 is 1.08. The molecule has 0 aromatic heterocycles. The fourth-order valence-electron chi connectivity index (χ4n) is 1.91. The van der Waals surface area contributed by atoms with Crippen molar-refractivity contribution in [3.05, 3.63) is 40.4 Å². The zero-order chi connectivity index (χ0) is 12.3. The van der Waals surface area contributed by atoms with Crippen LogP contribution in [0.4, 0.5) is 0 Å². The fraction of sp³-hybridized carbons (Fsp3) is 0.308. The van der Waals surface area contributed by atoms with Gasteiger partial charge in [-0.3, -0.25) is 4.79 Å². The maximum atomic E-state index is 11.4. The van der Waals surface area contributed by atoms with Gasteiger partial charge in [-0.05, 0) is 29.7 Å². The highest BCUT2D eigenvalue weighted by Crippen LogP contribution is 2.23.